The van der Waals surface area contributed by atoms with Gasteiger partial charge >= 0.3 is 0 Å². The minimum atomic E-state index is 0.125. The molecule has 0 radical (unpaired) electrons. The van der Waals surface area contributed by atoms with Crippen molar-refractivity contribution in [3.63, 3.8) is 0 Å². The van der Waals surface area contributed by atoms with Gasteiger partial charge in [-0.25, -0.2) is 0 Å². The summed E-state index contributed by atoms with van der Waals surface area (Å²) in [4.78, 5) is 4.56. The third kappa shape index (κ3) is 3.20. The fourth-order valence-corrected chi connectivity index (χ4v) is 1.72. The van der Waals surface area contributed by atoms with E-state index in [1.165, 1.54) is 0 Å². The van der Waals surface area contributed by atoms with Gasteiger partial charge in [-0.05, 0) is 30.2 Å². The Bertz CT molecular complexity index is 520. The van der Waals surface area contributed by atoms with Gasteiger partial charge in [-0.2, -0.15) is 0 Å². The number of aliphatic imine (C=N–C) groups is 1. The van der Waals surface area contributed by atoms with E-state index in [1.54, 1.807) is 7.11 Å². The minimum absolute atomic E-state index is 0.125. The monoisotopic (exact) mass is 239 g/mol. The molecule has 18 heavy (non-hydrogen) atoms. The van der Waals surface area contributed by atoms with Gasteiger partial charge in [0.15, 0.2) is 0 Å². The Hall–Kier alpha value is -2.09. The van der Waals surface area contributed by atoms with E-state index >= 15 is 0 Å². The van der Waals surface area contributed by atoms with Crippen LogP contribution in [0.3, 0.4) is 0 Å². The first kappa shape index (κ1) is 12.4. The van der Waals surface area contributed by atoms with Gasteiger partial charge in [-0.1, -0.05) is 42.5 Å². The molecule has 0 heterocycles. The molecular weight excluding hydrogens is 222 g/mol. The number of hydrogen-bond donors (Lipinski definition) is 0. The van der Waals surface area contributed by atoms with Crippen LogP contribution in [0.25, 0.3) is 0 Å². The largest absolute Gasteiger partial charge is 0.497 e. The lowest BCUT2D eigenvalue weighted by Crippen LogP contribution is -1.92. The van der Waals surface area contributed by atoms with Gasteiger partial charge in [-0.15, -0.1) is 0 Å². The van der Waals surface area contributed by atoms with E-state index < -0.39 is 0 Å². The highest BCUT2D eigenvalue weighted by Gasteiger charge is 2.03. The van der Waals surface area contributed by atoms with Crippen LogP contribution in [0.4, 0.5) is 0 Å². The predicted molar refractivity (Wildman–Crippen MR) is 75.4 cm³/mol. The van der Waals surface area contributed by atoms with Crippen molar-refractivity contribution in [3.05, 3.63) is 65.7 Å². The van der Waals surface area contributed by atoms with E-state index in [-0.39, 0.29) is 6.04 Å². The van der Waals surface area contributed by atoms with Crippen LogP contribution < -0.4 is 4.74 Å². The second kappa shape index (κ2) is 6.01. The van der Waals surface area contributed by atoms with Gasteiger partial charge in [0.05, 0.1) is 13.2 Å². The molecule has 2 aromatic carbocycles. The number of nitrogens with zero attached hydrogens (tertiary/aromatic N) is 1. The van der Waals surface area contributed by atoms with Crippen molar-refractivity contribution in [1.29, 1.82) is 0 Å². The van der Waals surface area contributed by atoms with Gasteiger partial charge < -0.3 is 4.74 Å². The number of ether oxygens (including phenoxy) is 1. The number of rotatable bonds is 4. The lowest BCUT2D eigenvalue weighted by molar-refractivity contribution is 0.414. The van der Waals surface area contributed by atoms with Gasteiger partial charge in [0.25, 0.3) is 0 Å². The van der Waals surface area contributed by atoms with Crippen molar-refractivity contribution in [3.8, 4) is 5.75 Å². The molecule has 0 fully saturated rings. The zero-order valence-corrected chi connectivity index (χ0v) is 10.7. The third-order valence-electron chi connectivity index (χ3n) is 2.82. The molecule has 2 heteroatoms. The summed E-state index contributed by atoms with van der Waals surface area (Å²) in [6, 6.07) is 18.3. The van der Waals surface area contributed by atoms with Crippen LogP contribution >= 0.6 is 0 Å². The Morgan fingerprint density at radius 3 is 2.56 bits per heavy atom. The Morgan fingerprint density at radius 2 is 1.83 bits per heavy atom. The first-order chi connectivity index (χ1) is 8.79. The Kier molecular flexibility index (Phi) is 4.13. The van der Waals surface area contributed by atoms with Crippen LogP contribution in [-0.2, 0) is 0 Å². The number of hydrogen-bond acceptors (Lipinski definition) is 2. The molecule has 0 saturated carbocycles. The van der Waals surface area contributed by atoms with E-state index in [2.05, 4.69) is 18.0 Å². The summed E-state index contributed by atoms with van der Waals surface area (Å²) in [5, 5.41) is 0. The SMILES string of the molecule is COc1cccc([C@H](C)N=Cc2ccccc2)c1. The average Bonchev–Trinajstić information content (AvgIpc) is 2.46. The highest BCUT2D eigenvalue weighted by atomic mass is 16.5. The van der Waals surface area contributed by atoms with Gasteiger partial charge in [0, 0.05) is 6.21 Å². The summed E-state index contributed by atoms with van der Waals surface area (Å²) < 4.78 is 5.22. The summed E-state index contributed by atoms with van der Waals surface area (Å²) in [6.45, 7) is 2.08. The number of benzene rings is 2. The predicted octanol–water partition coefficient (Wildman–Crippen LogP) is 3.88. The van der Waals surface area contributed by atoms with E-state index in [1.807, 2.05) is 54.7 Å². The molecule has 0 unspecified atom stereocenters. The molecule has 0 N–H and O–H groups in total. The van der Waals surface area contributed by atoms with Gasteiger partial charge in [0.2, 0.25) is 0 Å². The average molecular weight is 239 g/mol. The van der Waals surface area contributed by atoms with Crippen LogP contribution in [0.15, 0.2) is 59.6 Å². The summed E-state index contributed by atoms with van der Waals surface area (Å²) in [7, 11) is 1.68. The molecule has 0 saturated heterocycles. The highest BCUT2D eigenvalue weighted by Crippen LogP contribution is 2.21. The maximum atomic E-state index is 5.22. The molecule has 0 aliphatic carbocycles. The molecule has 2 aromatic rings. The van der Waals surface area contributed by atoms with Crippen LogP contribution in [0.5, 0.6) is 5.75 Å². The zero-order chi connectivity index (χ0) is 12.8. The fourth-order valence-electron chi connectivity index (χ4n) is 1.72. The summed E-state index contributed by atoms with van der Waals surface area (Å²) in [5.74, 6) is 0.870. The Labute approximate surface area is 108 Å². The molecule has 0 aliphatic heterocycles. The lowest BCUT2D eigenvalue weighted by atomic mass is 10.1. The fraction of sp³-hybridized carbons (Fsp3) is 0.188. The molecule has 0 amide bonds. The quantitative estimate of drug-likeness (QED) is 0.742. The van der Waals surface area contributed by atoms with Crippen LogP contribution in [0.1, 0.15) is 24.1 Å². The van der Waals surface area contributed by atoms with Gasteiger partial charge in [0.1, 0.15) is 5.75 Å². The van der Waals surface area contributed by atoms with Crippen molar-refractivity contribution < 1.29 is 4.74 Å². The Balaban J connectivity index is 2.11. The van der Waals surface area contributed by atoms with E-state index in [0.29, 0.717) is 0 Å². The summed E-state index contributed by atoms with van der Waals surface area (Å²) in [6.07, 6.45) is 1.91. The van der Waals surface area contributed by atoms with Gasteiger partial charge in [-0.3, -0.25) is 4.99 Å². The van der Waals surface area contributed by atoms with E-state index in [9.17, 15) is 0 Å². The second-order valence-corrected chi connectivity index (χ2v) is 4.14. The van der Waals surface area contributed by atoms with Crippen molar-refractivity contribution >= 4 is 6.21 Å². The molecule has 92 valence electrons. The van der Waals surface area contributed by atoms with Crippen molar-refractivity contribution in [1.82, 2.24) is 0 Å². The van der Waals surface area contributed by atoms with Crippen molar-refractivity contribution in [2.75, 3.05) is 7.11 Å². The van der Waals surface area contributed by atoms with E-state index in [0.717, 1.165) is 16.9 Å². The molecule has 0 aliphatic rings. The van der Waals surface area contributed by atoms with Crippen LogP contribution in [-0.4, -0.2) is 13.3 Å². The van der Waals surface area contributed by atoms with Crippen molar-refractivity contribution in [2.24, 2.45) is 4.99 Å². The highest BCUT2D eigenvalue weighted by molar-refractivity contribution is 5.79. The first-order valence-corrected chi connectivity index (χ1v) is 6.02. The van der Waals surface area contributed by atoms with Crippen LogP contribution in [0.2, 0.25) is 0 Å². The lowest BCUT2D eigenvalue weighted by Gasteiger charge is -2.08. The molecular formula is C16H17NO. The van der Waals surface area contributed by atoms with Crippen LogP contribution in [0, 0.1) is 0 Å². The zero-order valence-electron chi connectivity index (χ0n) is 10.7. The second-order valence-electron chi connectivity index (χ2n) is 4.14. The Morgan fingerprint density at radius 1 is 1.06 bits per heavy atom. The maximum absolute atomic E-state index is 5.22. The topological polar surface area (TPSA) is 21.6 Å². The smallest absolute Gasteiger partial charge is 0.119 e. The molecule has 1 atom stereocenters. The maximum Gasteiger partial charge on any atom is 0.119 e. The summed E-state index contributed by atoms with van der Waals surface area (Å²) >= 11 is 0. The number of methoxy groups -OCH3 is 1. The first-order valence-electron chi connectivity index (χ1n) is 6.02. The molecule has 0 spiro atoms. The van der Waals surface area contributed by atoms with E-state index in [4.69, 9.17) is 4.74 Å². The standard InChI is InChI=1S/C16H17NO/c1-13(15-9-6-10-16(11-15)18-2)17-12-14-7-4-3-5-8-14/h3-13H,1-2H3/t13-/m0/s1. The molecule has 0 aromatic heterocycles. The minimum Gasteiger partial charge on any atom is -0.497 e. The molecule has 0 bridgehead atoms. The van der Waals surface area contributed by atoms with Crippen molar-refractivity contribution in [2.45, 2.75) is 13.0 Å². The molecule has 2 nitrogen and oxygen atoms in total. The normalized spacial score (nSPS) is 12.6. The molecule has 2 rings (SSSR count). The summed E-state index contributed by atoms with van der Waals surface area (Å²) in [5.41, 5.74) is 2.27. The third-order valence-corrected chi connectivity index (χ3v) is 2.82.